The van der Waals surface area contributed by atoms with Gasteiger partial charge in [-0.2, -0.15) is 0 Å². The predicted octanol–water partition coefficient (Wildman–Crippen LogP) is 3.91. The van der Waals surface area contributed by atoms with Gasteiger partial charge in [0.1, 0.15) is 0 Å². The Morgan fingerprint density at radius 3 is 2.70 bits per heavy atom. The quantitative estimate of drug-likeness (QED) is 0.511. The van der Waals surface area contributed by atoms with Crippen molar-refractivity contribution in [3.05, 3.63) is 41.5 Å². The molecule has 3 rings (SSSR count). The number of hydrogen-bond donors (Lipinski definition) is 1. The summed E-state index contributed by atoms with van der Waals surface area (Å²) in [5.41, 5.74) is 3.60. The molecule has 0 aliphatic carbocycles. The molecule has 7 heteroatoms. The number of nitrogens with one attached hydrogen (secondary N) is 1. The summed E-state index contributed by atoms with van der Waals surface area (Å²) in [5, 5.41) is 12.7. The first kappa shape index (κ1) is 22.6. The second-order valence-electron chi connectivity index (χ2n) is 8.13. The molecule has 0 saturated carbocycles. The lowest BCUT2D eigenvalue weighted by atomic mass is 10.0. The van der Waals surface area contributed by atoms with E-state index < -0.39 is 0 Å². The van der Waals surface area contributed by atoms with E-state index in [0.29, 0.717) is 5.75 Å². The molecule has 6 nitrogen and oxygen atoms in total. The topological polar surface area (TPSA) is 63.1 Å². The maximum absolute atomic E-state index is 12.5. The third kappa shape index (κ3) is 6.19. The molecule has 0 unspecified atom stereocenters. The monoisotopic (exact) mass is 427 g/mol. The average Bonchev–Trinajstić information content (AvgIpc) is 3.14. The fourth-order valence-corrected chi connectivity index (χ4v) is 4.46. The number of aryl methyl sites for hydroxylation is 1. The Kier molecular flexibility index (Phi) is 8.10. The minimum absolute atomic E-state index is 0.0745. The van der Waals surface area contributed by atoms with E-state index in [9.17, 15) is 4.79 Å². The number of hydrogen-bond acceptors (Lipinski definition) is 5. The summed E-state index contributed by atoms with van der Waals surface area (Å²) in [5.74, 6) is 1.29. The Hall–Kier alpha value is -2.12. The minimum atomic E-state index is 0.0745. The molecule has 0 atom stereocenters. The van der Waals surface area contributed by atoms with E-state index in [1.807, 2.05) is 12.1 Å². The van der Waals surface area contributed by atoms with E-state index in [-0.39, 0.29) is 11.9 Å². The Morgan fingerprint density at radius 1 is 1.27 bits per heavy atom. The second kappa shape index (κ2) is 10.8. The third-order valence-corrected chi connectivity index (χ3v) is 6.32. The van der Waals surface area contributed by atoms with E-state index in [1.165, 1.54) is 22.9 Å². The van der Waals surface area contributed by atoms with Crippen molar-refractivity contribution >= 4 is 17.7 Å². The lowest BCUT2D eigenvalue weighted by Gasteiger charge is -2.31. The van der Waals surface area contributed by atoms with Crippen molar-refractivity contribution in [2.45, 2.75) is 58.3 Å². The van der Waals surface area contributed by atoms with Crippen LogP contribution in [0.15, 0.2) is 41.1 Å². The number of thioether (sulfide) groups is 1. The summed E-state index contributed by atoms with van der Waals surface area (Å²) < 4.78 is 2.08. The van der Waals surface area contributed by atoms with E-state index in [0.717, 1.165) is 55.6 Å². The van der Waals surface area contributed by atoms with Crippen LogP contribution in [-0.4, -0.2) is 57.0 Å². The zero-order valence-electron chi connectivity index (χ0n) is 18.5. The molecule has 2 heterocycles. The Labute approximate surface area is 184 Å². The highest BCUT2D eigenvalue weighted by Gasteiger charge is 2.21. The van der Waals surface area contributed by atoms with Gasteiger partial charge in [0.25, 0.3) is 0 Å². The maximum Gasteiger partial charge on any atom is 0.230 e. The second-order valence-corrected chi connectivity index (χ2v) is 9.07. The third-order valence-electron chi connectivity index (χ3n) is 5.35. The fourth-order valence-electron chi connectivity index (χ4n) is 3.65. The molecule has 1 aromatic carbocycles. The van der Waals surface area contributed by atoms with Crippen molar-refractivity contribution in [2.24, 2.45) is 0 Å². The lowest BCUT2D eigenvalue weighted by Crippen LogP contribution is -2.45. The number of allylic oxidation sites excluding steroid dienone is 1. The number of carbonyl (C=O) groups is 1. The summed E-state index contributed by atoms with van der Waals surface area (Å²) in [6, 6.07) is 8.54. The molecular formula is C23H33N5OS. The summed E-state index contributed by atoms with van der Waals surface area (Å²) in [4.78, 5) is 14.9. The molecule has 1 N–H and O–H groups in total. The highest BCUT2D eigenvalue weighted by molar-refractivity contribution is 7.99. The molecular weight excluding hydrogens is 394 g/mol. The number of rotatable bonds is 8. The van der Waals surface area contributed by atoms with Gasteiger partial charge in [-0.1, -0.05) is 47.2 Å². The van der Waals surface area contributed by atoms with Gasteiger partial charge in [-0.25, -0.2) is 0 Å². The van der Waals surface area contributed by atoms with E-state index in [4.69, 9.17) is 0 Å². The average molecular weight is 428 g/mol. The molecule has 2 aromatic rings. The van der Waals surface area contributed by atoms with Gasteiger partial charge in [-0.15, -0.1) is 10.2 Å². The molecule has 1 aromatic heterocycles. The van der Waals surface area contributed by atoms with Crippen LogP contribution in [0.2, 0.25) is 0 Å². The molecule has 1 fully saturated rings. The summed E-state index contributed by atoms with van der Waals surface area (Å²) in [7, 11) is 0. The van der Waals surface area contributed by atoms with Crippen LogP contribution in [0.25, 0.3) is 11.4 Å². The standard InChI is InChI=1S/C23H33N5OS/c1-5-28-22(19-8-6-7-18(4)15-19)25-26-23(28)30-16-21(29)24-20-10-13-27(14-11-20)12-9-17(2)3/h6-9,15,20H,5,10-14,16H2,1-4H3,(H,24,29). The summed E-state index contributed by atoms with van der Waals surface area (Å²) in [6.45, 7) is 12.3. The molecule has 1 saturated heterocycles. The van der Waals surface area contributed by atoms with Crippen molar-refractivity contribution in [1.82, 2.24) is 25.0 Å². The molecule has 1 amide bonds. The van der Waals surface area contributed by atoms with Crippen LogP contribution < -0.4 is 5.32 Å². The van der Waals surface area contributed by atoms with Crippen molar-refractivity contribution in [2.75, 3.05) is 25.4 Å². The number of nitrogens with zero attached hydrogens (tertiary/aromatic N) is 4. The van der Waals surface area contributed by atoms with Crippen LogP contribution in [0.1, 0.15) is 39.2 Å². The zero-order valence-corrected chi connectivity index (χ0v) is 19.3. The van der Waals surface area contributed by atoms with Crippen LogP contribution in [0, 0.1) is 6.92 Å². The first-order chi connectivity index (χ1) is 14.5. The summed E-state index contributed by atoms with van der Waals surface area (Å²) >= 11 is 1.46. The van der Waals surface area contributed by atoms with Crippen molar-refractivity contribution in [3.8, 4) is 11.4 Å². The van der Waals surface area contributed by atoms with Crippen LogP contribution in [-0.2, 0) is 11.3 Å². The maximum atomic E-state index is 12.5. The molecule has 30 heavy (non-hydrogen) atoms. The molecule has 0 radical (unpaired) electrons. The van der Waals surface area contributed by atoms with Gasteiger partial charge in [0.2, 0.25) is 5.91 Å². The van der Waals surface area contributed by atoms with Crippen molar-refractivity contribution < 1.29 is 4.79 Å². The molecule has 0 bridgehead atoms. The lowest BCUT2D eigenvalue weighted by molar-refractivity contribution is -0.119. The normalized spacial score (nSPS) is 15.2. The molecule has 0 spiro atoms. The van der Waals surface area contributed by atoms with Gasteiger partial charge < -0.3 is 9.88 Å². The van der Waals surface area contributed by atoms with Crippen molar-refractivity contribution in [3.63, 3.8) is 0 Å². The van der Waals surface area contributed by atoms with Gasteiger partial charge in [0.05, 0.1) is 5.75 Å². The van der Waals surface area contributed by atoms with E-state index in [1.54, 1.807) is 0 Å². The number of carbonyl (C=O) groups excluding carboxylic acids is 1. The van der Waals surface area contributed by atoms with Gasteiger partial charge in [0, 0.05) is 37.8 Å². The summed E-state index contributed by atoms with van der Waals surface area (Å²) in [6.07, 6.45) is 4.29. The molecule has 162 valence electrons. The van der Waals surface area contributed by atoms with Crippen LogP contribution in [0.5, 0.6) is 0 Å². The highest BCUT2D eigenvalue weighted by Crippen LogP contribution is 2.24. The predicted molar refractivity (Wildman–Crippen MR) is 124 cm³/mol. The first-order valence-electron chi connectivity index (χ1n) is 10.7. The Morgan fingerprint density at radius 2 is 2.03 bits per heavy atom. The van der Waals surface area contributed by atoms with Crippen LogP contribution >= 0.6 is 11.8 Å². The van der Waals surface area contributed by atoms with Gasteiger partial charge in [-0.05, 0) is 46.6 Å². The van der Waals surface area contributed by atoms with Gasteiger partial charge in [-0.3, -0.25) is 9.69 Å². The highest BCUT2D eigenvalue weighted by atomic mass is 32.2. The SMILES string of the molecule is CCn1c(SCC(=O)NC2CCN(CC=C(C)C)CC2)nnc1-c1cccc(C)c1. The Bertz CT molecular complexity index is 879. The number of aromatic nitrogens is 3. The number of likely N-dealkylation sites (tertiary alicyclic amines) is 1. The van der Waals surface area contributed by atoms with Gasteiger partial charge >= 0.3 is 0 Å². The number of amides is 1. The van der Waals surface area contributed by atoms with Gasteiger partial charge in [0.15, 0.2) is 11.0 Å². The fraction of sp³-hybridized carbons (Fsp3) is 0.522. The van der Waals surface area contributed by atoms with Crippen LogP contribution in [0.3, 0.4) is 0 Å². The van der Waals surface area contributed by atoms with E-state index in [2.05, 4.69) is 70.9 Å². The largest absolute Gasteiger partial charge is 0.353 e. The minimum Gasteiger partial charge on any atom is -0.353 e. The molecule has 1 aliphatic rings. The van der Waals surface area contributed by atoms with Crippen molar-refractivity contribution in [1.29, 1.82) is 0 Å². The number of piperidine rings is 1. The molecule has 1 aliphatic heterocycles. The Balaban J connectivity index is 1.50. The number of benzene rings is 1. The first-order valence-corrected chi connectivity index (χ1v) is 11.7. The van der Waals surface area contributed by atoms with Crippen LogP contribution in [0.4, 0.5) is 0 Å². The zero-order chi connectivity index (χ0) is 21.5. The van der Waals surface area contributed by atoms with E-state index >= 15 is 0 Å². The smallest absolute Gasteiger partial charge is 0.230 e.